The van der Waals surface area contributed by atoms with Crippen LogP contribution in [-0.2, 0) is 6.54 Å². The third kappa shape index (κ3) is 2.39. The van der Waals surface area contributed by atoms with Crippen molar-refractivity contribution in [2.24, 2.45) is 0 Å². The summed E-state index contributed by atoms with van der Waals surface area (Å²) < 4.78 is 7.14. The molecule has 1 aliphatic heterocycles. The van der Waals surface area contributed by atoms with Crippen LogP contribution < -0.4 is 10.3 Å². The van der Waals surface area contributed by atoms with E-state index in [4.69, 9.17) is 16.3 Å². The highest BCUT2D eigenvalue weighted by atomic mass is 35.5. The van der Waals surface area contributed by atoms with Crippen LogP contribution in [-0.4, -0.2) is 16.7 Å². The van der Waals surface area contributed by atoms with E-state index >= 15 is 0 Å². The lowest BCUT2D eigenvalue weighted by Gasteiger charge is -2.07. The highest BCUT2D eigenvalue weighted by molar-refractivity contribution is 6.31. The zero-order valence-corrected chi connectivity index (χ0v) is 13.9. The van der Waals surface area contributed by atoms with Gasteiger partial charge in [-0.1, -0.05) is 29.8 Å². The third-order valence-corrected chi connectivity index (χ3v) is 4.51. The van der Waals surface area contributed by atoms with Crippen molar-refractivity contribution in [2.75, 3.05) is 7.11 Å². The van der Waals surface area contributed by atoms with Crippen molar-refractivity contribution in [1.82, 2.24) is 9.55 Å². The number of aromatic nitrogens is 2. The number of hydrogen-bond acceptors (Lipinski definition) is 3. The molecule has 0 radical (unpaired) electrons. The second-order valence-corrected chi connectivity index (χ2v) is 6.15. The molecule has 4 rings (SSSR count). The summed E-state index contributed by atoms with van der Waals surface area (Å²) in [5, 5.41) is 1.18. The zero-order chi connectivity index (χ0) is 16.7. The SMILES string of the molecule is COc1ccccc1/C=C1\CCn2c1nc1cc(Cl)ccc1c2=O. The Hall–Kier alpha value is -2.59. The lowest BCUT2D eigenvalue weighted by atomic mass is 10.1. The second-order valence-electron chi connectivity index (χ2n) is 5.72. The number of hydrogen-bond donors (Lipinski definition) is 0. The number of fused-ring (bicyclic) bond motifs is 2. The molecule has 1 aliphatic rings. The summed E-state index contributed by atoms with van der Waals surface area (Å²) in [5.41, 5.74) is 2.61. The van der Waals surface area contributed by atoms with E-state index < -0.39 is 0 Å². The molecule has 4 nitrogen and oxygen atoms in total. The molecule has 0 saturated heterocycles. The first kappa shape index (κ1) is 15.0. The second kappa shape index (κ2) is 5.80. The maximum atomic E-state index is 12.7. The number of halogens is 1. The van der Waals surface area contributed by atoms with E-state index in [-0.39, 0.29) is 5.56 Å². The predicted octanol–water partition coefficient (Wildman–Crippen LogP) is 4.00. The summed E-state index contributed by atoms with van der Waals surface area (Å²) in [4.78, 5) is 17.4. The number of allylic oxidation sites excluding steroid dienone is 1. The van der Waals surface area contributed by atoms with Crippen molar-refractivity contribution in [3.8, 4) is 5.75 Å². The molecule has 0 aliphatic carbocycles. The van der Waals surface area contributed by atoms with Crippen molar-refractivity contribution in [1.29, 1.82) is 0 Å². The van der Waals surface area contributed by atoms with Crippen LogP contribution in [0.4, 0.5) is 0 Å². The molecule has 0 saturated carbocycles. The molecule has 2 aromatic carbocycles. The van der Waals surface area contributed by atoms with Gasteiger partial charge in [0, 0.05) is 17.1 Å². The average molecular weight is 339 g/mol. The number of ether oxygens (including phenoxy) is 1. The lowest BCUT2D eigenvalue weighted by molar-refractivity contribution is 0.414. The molecular formula is C19H15ClN2O2. The monoisotopic (exact) mass is 338 g/mol. The van der Waals surface area contributed by atoms with Crippen LogP contribution in [0.15, 0.2) is 47.3 Å². The summed E-state index contributed by atoms with van der Waals surface area (Å²) in [5.74, 6) is 1.51. The van der Waals surface area contributed by atoms with E-state index in [1.807, 2.05) is 30.3 Å². The number of benzene rings is 2. The smallest absolute Gasteiger partial charge is 0.261 e. The molecule has 0 unspecified atom stereocenters. The molecule has 0 N–H and O–H groups in total. The van der Waals surface area contributed by atoms with Crippen molar-refractivity contribution < 1.29 is 4.74 Å². The van der Waals surface area contributed by atoms with Crippen LogP contribution in [0.25, 0.3) is 22.6 Å². The van der Waals surface area contributed by atoms with Gasteiger partial charge in [-0.25, -0.2) is 4.98 Å². The van der Waals surface area contributed by atoms with Gasteiger partial charge in [-0.05, 0) is 42.3 Å². The average Bonchev–Trinajstić information content (AvgIpc) is 2.98. The summed E-state index contributed by atoms with van der Waals surface area (Å²) in [6.45, 7) is 0.640. The molecule has 3 aromatic rings. The molecule has 0 bridgehead atoms. The van der Waals surface area contributed by atoms with Gasteiger partial charge in [-0.2, -0.15) is 0 Å². The predicted molar refractivity (Wildman–Crippen MR) is 96.5 cm³/mol. The van der Waals surface area contributed by atoms with Gasteiger partial charge < -0.3 is 4.74 Å². The fourth-order valence-electron chi connectivity index (χ4n) is 3.10. The van der Waals surface area contributed by atoms with E-state index in [1.54, 1.807) is 29.9 Å². The van der Waals surface area contributed by atoms with Gasteiger partial charge in [0.25, 0.3) is 5.56 Å². The zero-order valence-electron chi connectivity index (χ0n) is 13.1. The first-order chi connectivity index (χ1) is 11.7. The Bertz CT molecular complexity index is 1040. The van der Waals surface area contributed by atoms with Gasteiger partial charge >= 0.3 is 0 Å². The molecule has 5 heteroatoms. The molecule has 24 heavy (non-hydrogen) atoms. The Kier molecular flexibility index (Phi) is 3.62. The Labute approximate surface area is 144 Å². The maximum absolute atomic E-state index is 12.7. The number of methoxy groups -OCH3 is 1. The van der Waals surface area contributed by atoms with E-state index in [9.17, 15) is 4.79 Å². The van der Waals surface area contributed by atoms with Crippen LogP contribution in [0.5, 0.6) is 5.75 Å². The maximum Gasteiger partial charge on any atom is 0.261 e. The van der Waals surface area contributed by atoms with Crippen molar-refractivity contribution in [3.05, 3.63) is 69.2 Å². The van der Waals surface area contributed by atoms with Crippen molar-refractivity contribution in [3.63, 3.8) is 0 Å². The van der Waals surface area contributed by atoms with Crippen LogP contribution in [0.3, 0.4) is 0 Å². The molecule has 0 spiro atoms. The summed E-state index contributed by atoms with van der Waals surface area (Å²) in [6.07, 6.45) is 2.81. The topological polar surface area (TPSA) is 44.1 Å². The molecule has 0 amide bonds. The highest BCUT2D eigenvalue weighted by Crippen LogP contribution is 2.30. The number of para-hydroxylation sites is 1. The van der Waals surface area contributed by atoms with Gasteiger partial charge in [0.15, 0.2) is 0 Å². The lowest BCUT2D eigenvalue weighted by Crippen LogP contribution is -2.20. The third-order valence-electron chi connectivity index (χ3n) is 4.28. The summed E-state index contributed by atoms with van der Waals surface area (Å²) in [6, 6.07) is 13.0. The van der Waals surface area contributed by atoms with E-state index in [2.05, 4.69) is 4.98 Å². The van der Waals surface area contributed by atoms with Gasteiger partial charge in [0.2, 0.25) is 0 Å². The molecule has 120 valence electrons. The molecular weight excluding hydrogens is 324 g/mol. The first-order valence-electron chi connectivity index (χ1n) is 7.71. The van der Waals surface area contributed by atoms with E-state index in [0.717, 1.165) is 23.3 Å². The first-order valence-corrected chi connectivity index (χ1v) is 8.09. The molecule has 2 heterocycles. The fourth-order valence-corrected chi connectivity index (χ4v) is 3.27. The van der Waals surface area contributed by atoms with Gasteiger partial charge in [0.1, 0.15) is 11.6 Å². The summed E-state index contributed by atoms with van der Waals surface area (Å²) in [7, 11) is 1.65. The minimum Gasteiger partial charge on any atom is -0.496 e. The molecule has 1 aromatic heterocycles. The summed E-state index contributed by atoms with van der Waals surface area (Å²) >= 11 is 6.05. The Morgan fingerprint density at radius 1 is 1.25 bits per heavy atom. The van der Waals surface area contributed by atoms with Crippen LogP contribution in [0.1, 0.15) is 17.8 Å². The number of rotatable bonds is 2. The van der Waals surface area contributed by atoms with Gasteiger partial charge in [-0.15, -0.1) is 0 Å². The van der Waals surface area contributed by atoms with Crippen LogP contribution in [0.2, 0.25) is 5.02 Å². The minimum atomic E-state index is -0.0184. The minimum absolute atomic E-state index is 0.0184. The quantitative estimate of drug-likeness (QED) is 0.709. The van der Waals surface area contributed by atoms with Gasteiger partial charge in [-0.3, -0.25) is 9.36 Å². The van der Waals surface area contributed by atoms with E-state index in [0.29, 0.717) is 28.3 Å². The highest BCUT2D eigenvalue weighted by Gasteiger charge is 2.21. The number of nitrogens with zero attached hydrogens (tertiary/aromatic N) is 2. The normalized spacial score (nSPS) is 15.0. The van der Waals surface area contributed by atoms with E-state index in [1.165, 1.54) is 0 Å². The standard InChI is InChI=1S/C19H15ClN2O2/c1-24-17-5-3-2-4-12(17)10-13-8-9-22-18(13)21-16-11-14(20)6-7-15(16)19(22)23/h2-7,10-11H,8-9H2,1H3/b13-10+. The Morgan fingerprint density at radius 2 is 2.08 bits per heavy atom. The fraction of sp³-hybridized carbons (Fsp3) is 0.158. The Morgan fingerprint density at radius 3 is 2.92 bits per heavy atom. The van der Waals surface area contributed by atoms with Crippen molar-refractivity contribution >= 4 is 34.2 Å². The van der Waals surface area contributed by atoms with Crippen LogP contribution >= 0.6 is 11.6 Å². The molecule has 0 atom stereocenters. The Balaban J connectivity index is 1.91. The van der Waals surface area contributed by atoms with Gasteiger partial charge in [0.05, 0.1) is 18.0 Å². The van der Waals surface area contributed by atoms with Crippen LogP contribution in [0, 0.1) is 0 Å². The molecule has 0 fully saturated rings. The van der Waals surface area contributed by atoms with Crippen molar-refractivity contribution in [2.45, 2.75) is 13.0 Å². The largest absolute Gasteiger partial charge is 0.496 e.